The molecule has 3 nitrogen and oxygen atoms in total. The number of nitrogens with zero attached hydrogens (tertiary/aromatic N) is 2. The topological polar surface area (TPSA) is 42.2 Å². The highest BCUT2D eigenvalue weighted by Crippen LogP contribution is 2.16. The van der Waals surface area contributed by atoms with E-state index >= 15 is 0 Å². The van der Waals surface area contributed by atoms with Gasteiger partial charge in [0.25, 0.3) is 0 Å². The summed E-state index contributed by atoms with van der Waals surface area (Å²) >= 11 is 0. The van der Waals surface area contributed by atoms with Crippen LogP contribution >= 0.6 is 12.4 Å². The van der Waals surface area contributed by atoms with Gasteiger partial charge in [-0.05, 0) is 36.6 Å². The molecule has 1 aromatic rings. The van der Waals surface area contributed by atoms with Gasteiger partial charge in [-0.3, -0.25) is 9.88 Å². The smallest absolute Gasteiger partial charge is 0.0271 e. The molecule has 16 heavy (non-hydrogen) atoms. The van der Waals surface area contributed by atoms with Crippen LogP contribution in [-0.4, -0.2) is 29.0 Å². The molecule has 2 N–H and O–H groups in total. The lowest BCUT2D eigenvalue weighted by Crippen LogP contribution is -2.45. The van der Waals surface area contributed by atoms with Gasteiger partial charge in [-0.25, -0.2) is 0 Å². The van der Waals surface area contributed by atoms with Gasteiger partial charge < -0.3 is 5.73 Å². The van der Waals surface area contributed by atoms with Crippen LogP contribution in [0.1, 0.15) is 18.9 Å². The zero-order valence-corrected chi connectivity index (χ0v) is 10.5. The Bertz CT molecular complexity index is 304. The van der Waals surface area contributed by atoms with E-state index in [1.54, 1.807) is 0 Å². The number of halogens is 1. The Morgan fingerprint density at radius 3 is 2.75 bits per heavy atom. The molecule has 1 fully saturated rings. The SMILES string of the molecule is CC1CN(Cc2ccncc2)CCC1N.Cl. The molecule has 0 bridgehead atoms. The molecule has 90 valence electrons. The molecule has 1 aliphatic heterocycles. The van der Waals surface area contributed by atoms with Gasteiger partial charge in [0.05, 0.1) is 0 Å². The molecule has 0 aromatic carbocycles. The van der Waals surface area contributed by atoms with Crippen molar-refractivity contribution in [3.8, 4) is 0 Å². The summed E-state index contributed by atoms with van der Waals surface area (Å²) in [5.41, 5.74) is 7.34. The fourth-order valence-electron chi connectivity index (χ4n) is 2.14. The maximum Gasteiger partial charge on any atom is 0.0271 e. The highest BCUT2D eigenvalue weighted by molar-refractivity contribution is 5.85. The molecule has 2 unspecified atom stereocenters. The molecule has 0 aliphatic carbocycles. The van der Waals surface area contributed by atoms with Crippen LogP contribution < -0.4 is 5.73 Å². The third-order valence-corrected chi connectivity index (χ3v) is 3.21. The zero-order chi connectivity index (χ0) is 10.7. The fourth-order valence-corrected chi connectivity index (χ4v) is 2.14. The summed E-state index contributed by atoms with van der Waals surface area (Å²) in [6.07, 6.45) is 4.83. The van der Waals surface area contributed by atoms with Crippen molar-refractivity contribution in [2.75, 3.05) is 13.1 Å². The maximum atomic E-state index is 6.00. The third kappa shape index (κ3) is 3.44. The minimum absolute atomic E-state index is 0. The lowest BCUT2D eigenvalue weighted by atomic mass is 9.94. The van der Waals surface area contributed by atoms with Crippen molar-refractivity contribution in [3.63, 3.8) is 0 Å². The highest BCUT2D eigenvalue weighted by Gasteiger charge is 2.22. The lowest BCUT2D eigenvalue weighted by molar-refractivity contribution is 0.158. The molecule has 2 heterocycles. The molecule has 0 radical (unpaired) electrons. The molecule has 1 saturated heterocycles. The number of piperidine rings is 1. The predicted molar refractivity (Wildman–Crippen MR) is 68.5 cm³/mol. The second-order valence-corrected chi connectivity index (χ2v) is 4.52. The van der Waals surface area contributed by atoms with Gasteiger partial charge in [0.2, 0.25) is 0 Å². The van der Waals surface area contributed by atoms with E-state index in [1.165, 1.54) is 5.56 Å². The zero-order valence-electron chi connectivity index (χ0n) is 9.67. The summed E-state index contributed by atoms with van der Waals surface area (Å²) in [5.74, 6) is 0.612. The van der Waals surface area contributed by atoms with Gasteiger partial charge in [-0.15, -0.1) is 12.4 Å². The molecule has 4 heteroatoms. The average Bonchev–Trinajstić information content (AvgIpc) is 2.25. The van der Waals surface area contributed by atoms with Crippen molar-refractivity contribution >= 4 is 12.4 Å². The first-order chi connectivity index (χ1) is 7.25. The normalized spacial score (nSPS) is 26.1. The van der Waals surface area contributed by atoms with E-state index in [4.69, 9.17) is 5.73 Å². The van der Waals surface area contributed by atoms with Crippen molar-refractivity contribution in [3.05, 3.63) is 30.1 Å². The fraction of sp³-hybridized carbons (Fsp3) is 0.583. The Morgan fingerprint density at radius 1 is 1.44 bits per heavy atom. The largest absolute Gasteiger partial charge is 0.327 e. The number of pyridine rings is 1. The van der Waals surface area contributed by atoms with Crippen molar-refractivity contribution in [2.24, 2.45) is 11.7 Å². The van der Waals surface area contributed by atoms with Gasteiger partial charge >= 0.3 is 0 Å². The molecular weight excluding hydrogens is 222 g/mol. The van der Waals surface area contributed by atoms with Crippen LogP contribution in [0.25, 0.3) is 0 Å². The average molecular weight is 242 g/mol. The maximum absolute atomic E-state index is 6.00. The first-order valence-electron chi connectivity index (χ1n) is 5.62. The van der Waals surface area contributed by atoms with Crippen molar-refractivity contribution < 1.29 is 0 Å². The van der Waals surface area contributed by atoms with E-state index in [-0.39, 0.29) is 12.4 Å². The highest BCUT2D eigenvalue weighted by atomic mass is 35.5. The van der Waals surface area contributed by atoms with Crippen LogP contribution in [0.3, 0.4) is 0 Å². The number of hydrogen-bond donors (Lipinski definition) is 1. The summed E-state index contributed by atoms with van der Waals surface area (Å²) in [7, 11) is 0. The summed E-state index contributed by atoms with van der Waals surface area (Å²) in [6.45, 7) is 5.50. The summed E-state index contributed by atoms with van der Waals surface area (Å²) < 4.78 is 0. The van der Waals surface area contributed by atoms with Gasteiger partial charge in [0.15, 0.2) is 0 Å². The second-order valence-electron chi connectivity index (χ2n) is 4.52. The van der Waals surface area contributed by atoms with E-state index in [0.29, 0.717) is 12.0 Å². The van der Waals surface area contributed by atoms with Gasteiger partial charge in [0, 0.05) is 31.5 Å². The minimum Gasteiger partial charge on any atom is -0.327 e. The third-order valence-electron chi connectivity index (χ3n) is 3.21. The minimum atomic E-state index is 0. The van der Waals surface area contributed by atoms with Crippen LogP contribution in [0.5, 0.6) is 0 Å². The molecular formula is C12H20ClN3. The van der Waals surface area contributed by atoms with Crippen LogP contribution in [0.2, 0.25) is 0 Å². The molecule has 0 amide bonds. The van der Waals surface area contributed by atoms with Gasteiger partial charge in [0.1, 0.15) is 0 Å². The Labute approximate surface area is 103 Å². The van der Waals surface area contributed by atoms with Crippen LogP contribution in [0.4, 0.5) is 0 Å². The number of rotatable bonds is 2. The van der Waals surface area contributed by atoms with Crippen molar-refractivity contribution in [1.29, 1.82) is 0 Å². The molecule has 1 aromatic heterocycles. The van der Waals surface area contributed by atoms with Crippen LogP contribution in [0.15, 0.2) is 24.5 Å². The summed E-state index contributed by atoms with van der Waals surface area (Å²) in [6, 6.07) is 4.55. The van der Waals surface area contributed by atoms with E-state index in [1.807, 2.05) is 12.4 Å². The molecule has 1 aliphatic rings. The van der Waals surface area contributed by atoms with Gasteiger partial charge in [-0.1, -0.05) is 6.92 Å². The first-order valence-corrected chi connectivity index (χ1v) is 5.62. The van der Waals surface area contributed by atoms with Crippen LogP contribution in [-0.2, 0) is 6.54 Å². The Balaban J connectivity index is 0.00000128. The lowest BCUT2D eigenvalue weighted by Gasteiger charge is -2.35. The quantitative estimate of drug-likeness (QED) is 0.857. The number of hydrogen-bond acceptors (Lipinski definition) is 3. The van der Waals surface area contributed by atoms with Crippen LogP contribution in [0, 0.1) is 5.92 Å². The monoisotopic (exact) mass is 241 g/mol. The molecule has 2 atom stereocenters. The van der Waals surface area contributed by atoms with E-state index < -0.39 is 0 Å². The van der Waals surface area contributed by atoms with E-state index in [2.05, 4.69) is 28.9 Å². The first kappa shape index (κ1) is 13.4. The van der Waals surface area contributed by atoms with Crippen molar-refractivity contribution in [2.45, 2.75) is 25.9 Å². The van der Waals surface area contributed by atoms with E-state index in [0.717, 1.165) is 26.1 Å². The van der Waals surface area contributed by atoms with Crippen molar-refractivity contribution in [1.82, 2.24) is 9.88 Å². The Morgan fingerprint density at radius 2 is 2.12 bits per heavy atom. The second kappa shape index (κ2) is 6.18. The molecule has 0 spiro atoms. The van der Waals surface area contributed by atoms with E-state index in [9.17, 15) is 0 Å². The summed E-state index contributed by atoms with van der Waals surface area (Å²) in [5, 5.41) is 0. The standard InChI is InChI=1S/C12H19N3.ClH/c1-10-8-15(7-4-12(10)13)9-11-2-5-14-6-3-11;/h2-3,5-6,10,12H,4,7-9,13H2,1H3;1H. The molecule has 0 saturated carbocycles. The number of nitrogens with two attached hydrogens (primary N) is 1. The van der Waals surface area contributed by atoms with Gasteiger partial charge in [-0.2, -0.15) is 0 Å². The predicted octanol–water partition coefficient (Wildman–Crippen LogP) is 1.67. The summed E-state index contributed by atoms with van der Waals surface area (Å²) in [4.78, 5) is 6.50. The molecule has 2 rings (SSSR count). The Hall–Kier alpha value is -0.640. The number of aromatic nitrogens is 1. The Kier molecular flexibility index (Phi) is 5.19. The number of likely N-dealkylation sites (tertiary alicyclic amines) is 1.